The molecule has 132 valence electrons. The molecule has 0 aliphatic carbocycles. The Morgan fingerprint density at radius 1 is 1.46 bits per heavy atom. The topological polar surface area (TPSA) is 89.0 Å². The number of carbonyl (C=O) groups is 2. The minimum Gasteiger partial charge on any atom is -0.458 e. The van der Waals surface area contributed by atoms with Gasteiger partial charge in [-0.1, -0.05) is 0 Å². The minimum absolute atomic E-state index is 0.0272. The van der Waals surface area contributed by atoms with E-state index >= 15 is 0 Å². The number of pyridine rings is 1. The van der Waals surface area contributed by atoms with Gasteiger partial charge in [-0.3, -0.25) is 4.79 Å². The smallest absolute Gasteiger partial charge is 0.338 e. The summed E-state index contributed by atoms with van der Waals surface area (Å²) in [5.41, 5.74) is -1.12. The number of hydrogen-bond donors (Lipinski definition) is 1. The van der Waals surface area contributed by atoms with E-state index in [1.807, 2.05) is 0 Å². The summed E-state index contributed by atoms with van der Waals surface area (Å²) in [4.78, 5) is 28.3. The van der Waals surface area contributed by atoms with Gasteiger partial charge in [0.05, 0.1) is 12.3 Å². The highest BCUT2D eigenvalue weighted by molar-refractivity contribution is 6.00. The van der Waals surface area contributed by atoms with E-state index in [-0.39, 0.29) is 18.8 Å². The first kappa shape index (κ1) is 18.2. The fourth-order valence-electron chi connectivity index (χ4n) is 2.16. The molecule has 2 atom stereocenters. The molecule has 1 aliphatic heterocycles. The number of nitrogens with zero attached hydrogens (tertiary/aromatic N) is 2. The van der Waals surface area contributed by atoms with E-state index < -0.39 is 41.6 Å². The van der Waals surface area contributed by atoms with Crippen molar-refractivity contribution in [1.82, 2.24) is 4.98 Å². The first-order chi connectivity index (χ1) is 11.1. The maximum Gasteiger partial charge on any atom is 0.338 e. The lowest BCUT2D eigenvalue weighted by molar-refractivity contribution is -0.177. The van der Waals surface area contributed by atoms with Crippen molar-refractivity contribution in [3.05, 3.63) is 24.0 Å². The van der Waals surface area contributed by atoms with Crippen molar-refractivity contribution in [1.29, 1.82) is 0 Å². The molecule has 1 N–H and O–H groups in total. The predicted octanol–water partition coefficient (Wildman–Crippen LogP) is 0.794. The summed E-state index contributed by atoms with van der Waals surface area (Å²) >= 11 is 0. The largest absolute Gasteiger partial charge is 0.458 e. The summed E-state index contributed by atoms with van der Waals surface area (Å²) in [6.07, 6.45) is -3.41. The van der Waals surface area contributed by atoms with Gasteiger partial charge in [0.1, 0.15) is 5.60 Å². The molecule has 2 unspecified atom stereocenters. The number of aliphatic hydroxyl groups excluding tert-OH is 1. The molecule has 24 heavy (non-hydrogen) atoms. The maximum absolute atomic E-state index is 13.8. The van der Waals surface area contributed by atoms with Gasteiger partial charge in [-0.2, -0.15) is 13.8 Å². The Morgan fingerprint density at radius 3 is 2.71 bits per heavy atom. The van der Waals surface area contributed by atoms with Crippen molar-refractivity contribution in [2.24, 2.45) is 0 Å². The number of anilines is 1. The number of aromatic nitrogens is 1. The second-order valence-electron chi connectivity index (χ2n) is 6.20. The zero-order chi connectivity index (χ0) is 18.1. The summed E-state index contributed by atoms with van der Waals surface area (Å²) in [7, 11) is 0. The molecule has 0 bridgehead atoms. The third kappa shape index (κ3) is 4.04. The second kappa shape index (κ2) is 6.78. The van der Waals surface area contributed by atoms with Crippen molar-refractivity contribution >= 4 is 17.6 Å². The minimum atomic E-state index is -1.86. The number of hydrogen-bond acceptors (Lipinski definition) is 6. The average molecular weight is 344 g/mol. The van der Waals surface area contributed by atoms with Crippen molar-refractivity contribution < 1.29 is 33.0 Å². The van der Waals surface area contributed by atoms with Crippen LogP contribution in [0.25, 0.3) is 0 Å². The first-order valence-electron chi connectivity index (χ1n) is 7.26. The van der Waals surface area contributed by atoms with Crippen molar-refractivity contribution in [3.63, 3.8) is 0 Å². The molecule has 7 nitrogen and oxygen atoms in total. The Hall–Kier alpha value is -2.13. The monoisotopic (exact) mass is 344 g/mol. The standard InChI is InChI=1S/C15H18F2N2O5/c1-15(2,3)24-14(22)10(20)11-13(21)19(6-7-23-11)8-4-5-9(16)18-12(8)17/h4-5,10-11,20H,6-7H2,1-3H3. The van der Waals surface area contributed by atoms with Gasteiger partial charge in [0.2, 0.25) is 11.9 Å². The van der Waals surface area contributed by atoms with E-state index in [9.17, 15) is 23.5 Å². The van der Waals surface area contributed by atoms with Crippen LogP contribution in [0.1, 0.15) is 20.8 Å². The van der Waals surface area contributed by atoms with E-state index in [0.29, 0.717) is 0 Å². The van der Waals surface area contributed by atoms with E-state index in [2.05, 4.69) is 4.98 Å². The fraction of sp³-hybridized carbons (Fsp3) is 0.533. The van der Waals surface area contributed by atoms with Crippen molar-refractivity contribution in [3.8, 4) is 0 Å². The summed E-state index contributed by atoms with van der Waals surface area (Å²) in [5.74, 6) is -4.06. The normalized spacial score (nSPS) is 20.0. The second-order valence-corrected chi connectivity index (χ2v) is 6.20. The van der Waals surface area contributed by atoms with Gasteiger partial charge in [0.15, 0.2) is 12.2 Å². The van der Waals surface area contributed by atoms with Gasteiger partial charge < -0.3 is 19.5 Å². The lowest BCUT2D eigenvalue weighted by Gasteiger charge is -2.34. The van der Waals surface area contributed by atoms with Crippen LogP contribution in [-0.2, 0) is 19.1 Å². The van der Waals surface area contributed by atoms with Crippen LogP contribution in [0.15, 0.2) is 12.1 Å². The molecular formula is C15H18F2N2O5. The molecule has 9 heteroatoms. The number of aliphatic hydroxyl groups is 1. The van der Waals surface area contributed by atoms with Gasteiger partial charge in [-0.05, 0) is 32.9 Å². The third-order valence-electron chi connectivity index (χ3n) is 3.14. The highest BCUT2D eigenvalue weighted by atomic mass is 19.1. The molecule has 1 saturated heterocycles. The SMILES string of the molecule is CC(C)(C)OC(=O)C(O)C1OCCN(c2ccc(F)nc2F)C1=O. The summed E-state index contributed by atoms with van der Waals surface area (Å²) in [5, 5.41) is 10.0. The van der Waals surface area contributed by atoms with E-state index in [4.69, 9.17) is 9.47 Å². The predicted molar refractivity (Wildman–Crippen MR) is 78.1 cm³/mol. The molecular weight excluding hydrogens is 326 g/mol. The number of esters is 1. The van der Waals surface area contributed by atoms with Gasteiger partial charge in [-0.15, -0.1) is 0 Å². The lowest BCUT2D eigenvalue weighted by Crippen LogP contribution is -2.55. The number of halogens is 2. The lowest BCUT2D eigenvalue weighted by atomic mass is 10.1. The molecule has 0 aromatic carbocycles. The number of carbonyl (C=O) groups excluding carboxylic acids is 2. The zero-order valence-electron chi connectivity index (χ0n) is 13.5. The van der Waals surface area contributed by atoms with Crippen molar-refractivity contribution in [2.75, 3.05) is 18.1 Å². The van der Waals surface area contributed by atoms with E-state index in [1.54, 1.807) is 20.8 Å². The summed E-state index contributed by atoms with van der Waals surface area (Å²) in [6, 6.07) is 1.96. The number of morpholine rings is 1. The molecule has 0 saturated carbocycles. The molecule has 2 heterocycles. The highest BCUT2D eigenvalue weighted by Crippen LogP contribution is 2.23. The van der Waals surface area contributed by atoms with Crippen molar-refractivity contribution in [2.45, 2.75) is 38.6 Å². The quantitative estimate of drug-likeness (QED) is 0.644. The molecule has 0 radical (unpaired) electrons. The Balaban J connectivity index is 2.19. The molecule has 0 spiro atoms. The van der Waals surface area contributed by atoms with Gasteiger partial charge in [0, 0.05) is 6.54 Å². The number of amides is 1. The van der Waals surface area contributed by atoms with Gasteiger partial charge >= 0.3 is 5.97 Å². The van der Waals surface area contributed by atoms with Gasteiger partial charge in [0.25, 0.3) is 5.91 Å². The van der Waals surface area contributed by atoms with Crippen LogP contribution in [0.4, 0.5) is 14.5 Å². The van der Waals surface area contributed by atoms with Crippen LogP contribution in [0.2, 0.25) is 0 Å². The Kier molecular flexibility index (Phi) is 5.14. The third-order valence-corrected chi connectivity index (χ3v) is 3.14. The van der Waals surface area contributed by atoms with Crippen LogP contribution < -0.4 is 4.90 Å². The van der Waals surface area contributed by atoms with Crippen LogP contribution in [0.5, 0.6) is 0 Å². The molecule has 2 rings (SSSR count). The van der Waals surface area contributed by atoms with Crippen LogP contribution in [0.3, 0.4) is 0 Å². The Morgan fingerprint density at radius 2 is 2.12 bits per heavy atom. The highest BCUT2D eigenvalue weighted by Gasteiger charge is 2.41. The van der Waals surface area contributed by atoms with Gasteiger partial charge in [-0.25, -0.2) is 4.79 Å². The summed E-state index contributed by atoms with van der Waals surface area (Å²) in [6.45, 7) is 4.74. The number of rotatable bonds is 3. The fourth-order valence-corrected chi connectivity index (χ4v) is 2.16. The molecule has 1 aromatic rings. The molecule has 1 aromatic heterocycles. The Bertz CT molecular complexity index is 647. The van der Waals surface area contributed by atoms with E-state index in [1.165, 1.54) is 0 Å². The molecule has 1 amide bonds. The molecule has 1 fully saturated rings. The van der Waals surface area contributed by atoms with Crippen LogP contribution in [-0.4, -0.2) is 52.9 Å². The average Bonchev–Trinajstić information content (AvgIpc) is 2.46. The van der Waals surface area contributed by atoms with Crippen LogP contribution in [0, 0.1) is 11.9 Å². The summed E-state index contributed by atoms with van der Waals surface area (Å²) < 4.78 is 36.8. The number of ether oxygens (including phenoxy) is 2. The molecule has 1 aliphatic rings. The Labute approximate surface area is 137 Å². The maximum atomic E-state index is 13.8. The van der Waals surface area contributed by atoms with E-state index in [0.717, 1.165) is 17.0 Å². The first-order valence-corrected chi connectivity index (χ1v) is 7.26. The zero-order valence-corrected chi connectivity index (χ0v) is 13.5. The van der Waals surface area contributed by atoms with Crippen LogP contribution >= 0.6 is 0 Å².